The Balaban J connectivity index is 1.99. The maximum absolute atomic E-state index is 13.1. The summed E-state index contributed by atoms with van der Waals surface area (Å²) in [5.41, 5.74) is 2.27. The van der Waals surface area contributed by atoms with Gasteiger partial charge in [-0.25, -0.2) is 14.3 Å². The number of aromatic nitrogens is 2. The van der Waals surface area contributed by atoms with Gasteiger partial charge in [-0.2, -0.15) is 5.10 Å². The summed E-state index contributed by atoms with van der Waals surface area (Å²) in [7, 11) is 2.46. The molecule has 0 saturated carbocycles. The predicted molar refractivity (Wildman–Crippen MR) is 120 cm³/mol. The first-order chi connectivity index (χ1) is 15.2. The van der Waals surface area contributed by atoms with Gasteiger partial charge in [0.2, 0.25) is 0 Å². The molecule has 8 nitrogen and oxygen atoms in total. The second-order valence-corrected chi connectivity index (χ2v) is 7.66. The highest BCUT2D eigenvalue weighted by Crippen LogP contribution is 2.25. The molecule has 0 unspecified atom stereocenters. The van der Waals surface area contributed by atoms with E-state index in [0.29, 0.717) is 16.3 Å². The van der Waals surface area contributed by atoms with Gasteiger partial charge in [0.1, 0.15) is 0 Å². The molecule has 3 rings (SSSR count). The van der Waals surface area contributed by atoms with Gasteiger partial charge >= 0.3 is 11.9 Å². The minimum Gasteiger partial charge on any atom is -0.465 e. The molecule has 2 aromatic carbocycles. The highest BCUT2D eigenvalue weighted by atomic mass is 35.5. The number of ether oxygens (including phenoxy) is 2. The van der Waals surface area contributed by atoms with Crippen molar-refractivity contribution in [3.63, 3.8) is 0 Å². The molecular weight excluding hydrogens is 434 g/mol. The van der Waals surface area contributed by atoms with E-state index in [2.05, 4.69) is 10.4 Å². The maximum Gasteiger partial charge on any atom is 0.337 e. The molecule has 0 aliphatic carbocycles. The Labute approximate surface area is 190 Å². The van der Waals surface area contributed by atoms with E-state index in [1.165, 1.54) is 38.6 Å². The van der Waals surface area contributed by atoms with Crippen molar-refractivity contribution in [3.8, 4) is 5.69 Å². The number of benzene rings is 2. The van der Waals surface area contributed by atoms with E-state index in [4.69, 9.17) is 21.1 Å². The first-order valence-electron chi connectivity index (χ1n) is 9.72. The van der Waals surface area contributed by atoms with Crippen LogP contribution in [0.25, 0.3) is 5.69 Å². The molecule has 32 heavy (non-hydrogen) atoms. The fourth-order valence-electron chi connectivity index (χ4n) is 3.25. The van der Waals surface area contributed by atoms with Crippen molar-refractivity contribution in [2.75, 3.05) is 19.5 Å². The van der Waals surface area contributed by atoms with Crippen LogP contribution in [0.15, 0.2) is 48.7 Å². The molecule has 1 amide bonds. The van der Waals surface area contributed by atoms with Crippen molar-refractivity contribution in [2.24, 2.45) is 0 Å². The lowest BCUT2D eigenvalue weighted by Crippen LogP contribution is -2.16. The number of hydrogen-bond acceptors (Lipinski definition) is 6. The van der Waals surface area contributed by atoms with E-state index in [1.54, 1.807) is 16.8 Å². The smallest absolute Gasteiger partial charge is 0.337 e. The van der Waals surface area contributed by atoms with E-state index in [-0.39, 0.29) is 22.7 Å². The van der Waals surface area contributed by atoms with Gasteiger partial charge in [0.05, 0.1) is 48.5 Å². The van der Waals surface area contributed by atoms with Crippen LogP contribution in [-0.2, 0) is 9.47 Å². The first-order valence-corrected chi connectivity index (χ1v) is 10.1. The summed E-state index contributed by atoms with van der Waals surface area (Å²) in [6, 6.07) is 11.3. The van der Waals surface area contributed by atoms with Crippen LogP contribution in [0.5, 0.6) is 0 Å². The fraction of sp³-hybridized carbons (Fsp3) is 0.217. The van der Waals surface area contributed by atoms with E-state index in [9.17, 15) is 14.4 Å². The second kappa shape index (κ2) is 9.65. The largest absolute Gasteiger partial charge is 0.465 e. The average molecular weight is 456 g/mol. The molecule has 0 radical (unpaired) electrons. The van der Waals surface area contributed by atoms with Crippen molar-refractivity contribution in [1.29, 1.82) is 0 Å². The quantitative estimate of drug-likeness (QED) is 0.550. The van der Waals surface area contributed by atoms with Gasteiger partial charge in [0, 0.05) is 10.7 Å². The van der Waals surface area contributed by atoms with E-state index in [1.807, 2.05) is 26.0 Å². The zero-order valence-corrected chi connectivity index (χ0v) is 18.8. The summed E-state index contributed by atoms with van der Waals surface area (Å²) in [4.78, 5) is 37.1. The van der Waals surface area contributed by atoms with Crippen LogP contribution in [0, 0.1) is 0 Å². The number of halogens is 1. The third-order valence-electron chi connectivity index (χ3n) is 4.70. The lowest BCUT2D eigenvalue weighted by atomic mass is 10.0. The monoisotopic (exact) mass is 455 g/mol. The van der Waals surface area contributed by atoms with Crippen LogP contribution in [0.3, 0.4) is 0 Å². The van der Waals surface area contributed by atoms with Crippen LogP contribution in [0.1, 0.15) is 56.5 Å². The normalized spacial score (nSPS) is 10.7. The van der Waals surface area contributed by atoms with Gasteiger partial charge in [0.25, 0.3) is 5.91 Å². The van der Waals surface area contributed by atoms with Crippen molar-refractivity contribution >= 4 is 35.1 Å². The van der Waals surface area contributed by atoms with E-state index in [0.717, 1.165) is 5.69 Å². The van der Waals surface area contributed by atoms with Crippen molar-refractivity contribution in [2.45, 2.75) is 19.8 Å². The van der Waals surface area contributed by atoms with E-state index >= 15 is 0 Å². The number of methoxy groups -OCH3 is 2. The Bertz CT molecular complexity index is 1130. The lowest BCUT2D eigenvalue weighted by Gasteiger charge is -2.14. The molecule has 0 fully saturated rings. The fourth-order valence-corrected chi connectivity index (χ4v) is 3.37. The summed E-state index contributed by atoms with van der Waals surface area (Å²) in [6.07, 6.45) is 1.48. The van der Waals surface area contributed by atoms with Gasteiger partial charge in [-0.1, -0.05) is 25.4 Å². The van der Waals surface area contributed by atoms with Gasteiger partial charge in [0.15, 0.2) is 0 Å². The Morgan fingerprint density at radius 3 is 2.03 bits per heavy atom. The van der Waals surface area contributed by atoms with Crippen molar-refractivity contribution in [3.05, 3.63) is 76.1 Å². The Kier molecular flexibility index (Phi) is 6.95. The maximum atomic E-state index is 13.1. The second-order valence-electron chi connectivity index (χ2n) is 7.22. The Hall–Kier alpha value is -3.65. The molecule has 0 aliphatic rings. The zero-order chi connectivity index (χ0) is 23.4. The number of amides is 1. The minimum atomic E-state index is -0.648. The molecule has 0 aliphatic heterocycles. The summed E-state index contributed by atoms with van der Waals surface area (Å²) >= 11 is 5.98. The molecule has 0 saturated heterocycles. The summed E-state index contributed by atoms with van der Waals surface area (Å²) in [6.45, 7) is 3.90. The van der Waals surface area contributed by atoms with Gasteiger partial charge in [-0.15, -0.1) is 0 Å². The minimum absolute atomic E-state index is 0.0269. The van der Waals surface area contributed by atoms with Crippen LogP contribution >= 0.6 is 11.6 Å². The molecular formula is C23H22ClN3O5. The number of rotatable bonds is 6. The number of nitrogens with one attached hydrogen (secondary N) is 1. The SMILES string of the molecule is COC(=O)c1cc(NC(=O)c2cnn(-c3ccc(Cl)cc3)c2C(C)C)cc(C(=O)OC)c1. The highest BCUT2D eigenvalue weighted by Gasteiger charge is 2.22. The van der Waals surface area contributed by atoms with Crippen LogP contribution in [-0.4, -0.2) is 41.8 Å². The number of hydrogen-bond donors (Lipinski definition) is 1. The molecule has 166 valence electrons. The Morgan fingerprint density at radius 1 is 0.969 bits per heavy atom. The van der Waals surface area contributed by atoms with Crippen LogP contribution in [0.4, 0.5) is 5.69 Å². The van der Waals surface area contributed by atoms with Crippen molar-refractivity contribution in [1.82, 2.24) is 9.78 Å². The number of nitrogens with zero attached hydrogens (tertiary/aromatic N) is 2. The van der Waals surface area contributed by atoms with Gasteiger partial charge in [-0.3, -0.25) is 4.79 Å². The zero-order valence-electron chi connectivity index (χ0n) is 18.0. The first kappa shape index (κ1) is 23.0. The van der Waals surface area contributed by atoms with Crippen LogP contribution in [0.2, 0.25) is 5.02 Å². The molecule has 1 N–H and O–H groups in total. The van der Waals surface area contributed by atoms with Crippen LogP contribution < -0.4 is 5.32 Å². The number of anilines is 1. The summed E-state index contributed by atoms with van der Waals surface area (Å²) < 4.78 is 11.1. The molecule has 0 atom stereocenters. The predicted octanol–water partition coefficient (Wildman–Crippen LogP) is 4.47. The molecule has 3 aromatic rings. The third-order valence-corrected chi connectivity index (χ3v) is 4.95. The highest BCUT2D eigenvalue weighted by molar-refractivity contribution is 6.30. The molecule has 0 bridgehead atoms. The lowest BCUT2D eigenvalue weighted by molar-refractivity contribution is 0.0599. The van der Waals surface area contributed by atoms with Gasteiger partial charge < -0.3 is 14.8 Å². The Morgan fingerprint density at radius 2 is 1.53 bits per heavy atom. The summed E-state index contributed by atoms with van der Waals surface area (Å²) in [5.74, 6) is -1.76. The standard InChI is InChI=1S/C23H22ClN3O5/c1-13(2)20-19(12-25-27(20)18-7-5-16(24)6-8-18)21(28)26-17-10-14(22(29)31-3)9-15(11-17)23(30)32-4/h5-13H,1-4H3,(H,26,28). The molecule has 9 heteroatoms. The molecule has 0 spiro atoms. The third kappa shape index (κ3) is 4.81. The van der Waals surface area contributed by atoms with Gasteiger partial charge in [-0.05, 0) is 48.4 Å². The average Bonchev–Trinajstić information content (AvgIpc) is 3.24. The number of carbonyl (C=O) groups excluding carboxylic acids is 3. The molecule has 1 aromatic heterocycles. The number of carbonyl (C=O) groups is 3. The summed E-state index contributed by atoms with van der Waals surface area (Å²) in [5, 5.41) is 7.71. The molecule has 1 heterocycles. The van der Waals surface area contributed by atoms with E-state index < -0.39 is 17.8 Å². The topological polar surface area (TPSA) is 99.5 Å². The van der Waals surface area contributed by atoms with Crippen molar-refractivity contribution < 1.29 is 23.9 Å². The number of esters is 2.